The van der Waals surface area contributed by atoms with E-state index in [1.165, 1.54) is 18.5 Å². The molecule has 158 valence electrons. The van der Waals surface area contributed by atoms with Crippen molar-refractivity contribution in [3.8, 4) is 40.1 Å². The summed E-state index contributed by atoms with van der Waals surface area (Å²) in [6.07, 6.45) is 1.46. The van der Waals surface area contributed by atoms with Gasteiger partial charge in [0.2, 0.25) is 0 Å². The fourth-order valence-electron chi connectivity index (χ4n) is 3.49. The van der Waals surface area contributed by atoms with Crippen LogP contribution in [0.4, 0.5) is 4.39 Å². The highest BCUT2D eigenvalue weighted by Crippen LogP contribution is 2.34. The minimum Gasteiger partial charge on any atom is -0.493 e. The van der Waals surface area contributed by atoms with E-state index in [0.717, 1.165) is 5.56 Å². The van der Waals surface area contributed by atoms with E-state index in [9.17, 15) is 4.39 Å². The summed E-state index contributed by atoms with van der Waals surface area (Å²) in [5, 5.41) is 5.45. The van der Waals surface area contributed by atoms with Crippen LogP contribution in [0.5, 0.6) is 11.5 Å². The third kappa shape index (κ3) is 3.41. The summed E-state index contributed by atoms with van der Waals surface area (Å²) in [5.74, 6) is 2.35. The van der Waals surface area contributed by atoms with Crippen molar-refractivity contribution in [3.63, 3.8) is 0 Å². The first-order chi connectivity index (χ1) is 15.7. The molecule has 8 heteroatoms. The third-order valence-corrected chi connectivity index (χ3v) is 5.06. The molecule has 0 saturated heterocycles. The van der Waals surface area contributed by atoms with Crippen molar-refractivity contribution >= 4 is 10.9 Å². The van der Waals surface area contributed by atoms with Crippen LogP contribution in [0.2, 0.25) is 0 Å². The van der Waals surface area contributed by atoms with Crippen LogP contribution < -0.4 is 9.47 Å². The molecule has 5 aromatic rings. The molecule has 0 spiro atoms. The van der Waals surface area contributed by atoms with Crippen LogP contribution in [-0.4, -0.2) is 39.0 Å². The minimum atomic E-state index is -0.326. The molecule has 0 saturated carbocycles. The van der Waals surface area contributed by atoms with E-state index in [0.29, 0.717) is 45.4 Å². The lowest BCUT2D eigenvalue weighted by molar-refractivity contribution is 0.355. The van der Waals surface area contributed by atoms with Gasteiger partial charge < -0.3 is 9.47 Å². The largest absolute Gasteiger partial charge is 0.493 e. The van der Waals surface area contributed by atoms with Crippen LogP contribution in [0.15, 0.2) is 73.1 Å². The molecule has 2 heterocycles. The van der Waals surface area contributed by atoms with Gasteiger partial charge in [0.05, 0.1) is 19.7 Å². The summed E-state index contributed by atoms with van der Waals surface area (Å²) in [7, 11) is 3.14. The maximum absolute atomic E-state index is 13.6. The first-order valence-electron chi connectivity index (χ1n) is 9.83. The van der Waals surface area contributed by atoms with Gasteiger partial charge in [0, 0.05) is 22.6 Å². The van der Waals surface area contributed by atoms with Crippen LogP contribution in [0.3, 0.4) is 0 Å². The van der Waals surface area contributed by atoms with Crippen molar-refractivity contribution in [1.29, 1.82) is 0 Å². The monoisotopic (exact) mass is 427 g/mol. The molecule has 2 aromatic heterocycles. The van der Waals surface area contributed by atoms with Crippen molar-refractivity contribution in [2.45, 2.75) is 0 Å². The van der Waals surface area contributed by atoms with Gasteiger partial charge in [0.15, 0.2) is 29.0 Å². The number of hydrogen-bond acceptors (Lipinski definition) is 6. The molecule has 0 aliphatic heterocycles. The number of benzene rings is 3. The van der Waals surface area contributed by atoms with Crippen molar-refractivity contribution in [1.82, 2.24) is 24.7 Å². The van der Waals surface area contributed by atoms with Gasteiger partial charge in [-0.2, -0.15) is 4.68 Å². The predicted molar refractivity (Wildman–Crippen MR) is 118 cm³/mol. The first kappa shape index (κ1) is 19.6. The number of fused-ring (bicyclic) bond motifs is 1. The number of rotatable bonds is 5. The van der Waals surface area contributed by atoms with Gasteiger partial charge in [0.25, 0.3) is 0 Å². The van der Waals surface area contributed by atoms with Crippen LogP contribution in [0.25, 0.3) is 39.5 Å². The molecule has 0 aliphatic carbocycles. The highest BCUT2D eigenvalue weighted by Gasteiger charge is 2.19. The Morgan fingerprint density at radius 2 is 1.53 bits per heavy atom. The standard InChI is InChI=1S/C24H18FN5O2/c1-31-20-12-18-19(13-21(20)32-2)26-14-27-24(18)30-23(16-8-10-17(25)11-9-16)28-22(29-30)15-6-4-3-5-7-15/h3-14H,1-2H3. The van der Waals surface area contributed by atoms with Crippen molar-refractivity contribution in [2.75, 3.05) is 14.2 Å². The maximum atomic E-state index is 13.6. The zero-order valence-corrected chi connectivity index (χ0v) is 17.4. The van der Waals surface area contributed by atoms with Gasteiger partial charge in [-0.1, -0.05) is 30.3 Å². The van der Waals surface area contributed by atoms with Crippen LogP contribution in [0, 0.1) is 5.82 Å². The fraction of sp³-hybridized carbons (Fsp3) is 0.0833. The number of ether oxygens (including phenoxy) is 2. The van der Waals surface area contributed by atoms with Gasteiger partial charge in [-0.05, 0) is 30.3 Å². The van der Waals surface area contributed by atoms with Crippen molar-refractivity contribution in [2.24, 2.45) is 0 Å². The number of methoxy groups -OCH3 is 2. The summed E-state index contributed by atoms with van der Waals surface area (Å²) in [6.45, 7) is 0. The summed E-state index contributed by atoms with van der Waals surface area (Å²) in [4.78, 5) is 13.6. The van der Waals surface area contributed by atoms with E-state index >= 15 is 0 Å². The smallest absolute Gasteiger partial charge is 0.182 e. The average Bonchev–Trinajstić information content (AvgIpc) is 3.29. The molecule has 32 heavy (non-hydrogen) atoms. The zero-order chi connectivity index (χ0) is 22.1. The molecule has 0 fully saturated rings. The molecule has 5 rings (SSSR count). The third-order valence-electron chi connectivity index (χ3n) is 5.06. The quantitative estimate of drug-likeness (QED) is 0.405. The lowest BCUT2D eigenvalue weighted by Crippen LogP contribution is -2.04. The molecular weight excluding hydrogens is 409 g/mol. The van der Waals surface area contributed by atoms with E-state index in [4.69, 9.17) is 19.6 Å². The van der Waals surface area contributed by atoms with Crippen LogP contribution in [0.1, 0.15) is 0 Å². The fourth-order valence-corrected chi connectivity index (χ4v) is 3.49. The van der Waals surface area contributed by atoms with Crippen molar-refractivity contribution in [3.05, 3.63) is 78.9 Å². The highest BCUT2D eigenvalue weighted by atomic mass is 19.1. The summed E-state index contributed by atoms with van der Waals surface area (Å²) < 4.78 is 26.1. The number of halogens is 1. The number of hydrogen-bond donors (Lipinski definition) is 0. The molecule has 0 aliphatic rings. The second-order valence-corrected chi connectivity index (χ2v) is 6.97. The van der Waals surface area contributed by atoms with E-state index in [-0.39, 0.29) is 5.82 Å². The van der Waals surface area contributed by atoms with Gasteiger partial charge in [-0.15, -0.1) is 5.10 Å². The molecule has 0 atom stereocenters. The second kappa shape index (κ2) is 8.07. The molecule has 0 radical (unpaired) electrons. The topological polar surface area (TPSA) is 75.0 Å². The lowest BCUT2D eigenvalue weighted by Gasteiger charge is -2.12. The van der Waals surface area contributed by atoms with Gasteiger partial charge in [-0.25, -0.2) is 19.3 Å². The lowest BCUT2D eigenvalue weighted by atomic mass is 10.2. The van der Waals surface area contributed by atoms with Gasteiger partial charge in [-0.3, -0.25) is 0 Å². The molecule has 3 aromatic carbocycles. The summed E-state index contributed by atoms with van der Waals surface area (Å²) in [5.41, 5.74) is 2.22. The molecule has 0 bridgehead atoms. The normalized spacial score (nSPS) is 11.0. The Balaban J connectivity index is 1.78. The van der Waals surface area contributed by atoms with Gasteiger partial charge >= 0.3 is 0 Å². The SMILES string of the molecule is COc1cc2ncnc(-n3nc(-c4ccccc4)nc3-c3ccc(F)cc3)c2cc1OC. The Labute approximate surface area is 183 Å². The average molecular weight is 427 g/mol. The Hall–Kier alpha value is -4.33. The van der Waals surface area contributed by atoms with E-state index in [1.54, 1.807) is 37.1 Å². The minimum absolute atomic E-state index is 0.326. The van der Waals surface area contributed by atoms with Crippen LogP contribution in [-0.2, 0) is 0 Å². The van der Waals surface area contributed by atoms with E-state index in [2.05, 4.69) is 9.97 Å². The van der Waals surface area contributed by atoms with E-state index < -0.39 is 0 Å². The first-order valence-corrected chi connectivity index (χ1v) is 9.83. The Bertz CT molecular complexity index is 1400. The molecule has 7 nitrogen and oxygen atoms in total. The predicted octanol–water partition coefficient (Wildman–Crippen LogP) is 4.70. The Kier molecular flexibility index (Phi) is 4.95. The van der Waals surface area contributed by atoms with Crippen molar-refractivity contribution < 1.29 is 13.9 Å². The van der Waals surface area contributed by atoms with Crippen LogP contribution >= 0.6 is 0 Å². The molecule has 0 amide bonds. The molecule has 0 unspecified atom stereocenters. The Morgan fingerprint density at radius 1 is 0.812 bits per heavy atom. The number of aromatic nitrogens is 5. The van der Waals surface area contributed by atoms with E-state index in [1.807, 2.05) is 36.4 Å². The van der Waals surface area contributed by atoms with Gasteiger partial charge in [0.1, 0.15) is 12.1 Å². The maximum Gasteiger partial charge on any atom is 0.182 e. The highest BCUT2D eigenvalue weighted by molar-refractivity contribution is 5.89. The summed E-state index contributed by atoms with van der Waals surface area (Å²) in [6, 6.07) is 19.3. The molecule has 0 N–H and O–H groups in total. The zero-order valence-electron chi connectivity index (χ0n) is 17.4. The molecular formula is C24H18FN5O2. The number of nitrogens with zero attached hydrogens (tertiary/aromatic N) is 5. The summed E-state index contributed by atoms with van der Waals surface area (Å²) >= 11 is 0. The second-order valence-electron chi connectivity index (χ2n) is 6.97. The Morgan fingerprint density at radius 3 is 2.25 bits per heavy atom.